The lowest BCUT2D eigenvalue weighted by Gasteiger charge is -2.35. The number of aromatic hydroxyl groups is 1. The van der Waals surface area contributed by atoms with Gasteiger partial charge in [0, 0.05) is 11.7 Å². The molecule has 200 valence electrons. The van der Waals surface area contributed by atoms with E-state index in [1.54, 1.807) is 32.9 Å². The Morgan fingerprint density at radius 3 is 2.22 bits per heavy atom. The number of carbonyl (C=O) groups is 3. The molecule has 0 bridgehead atoms. The molecule has 9 heteroatoms. The number of aryl methyl sites for hydroxylation is 2. The number of phenolic OH excluding ortho intramolecular Hbond substituents is 1. The van der Waals surface area contributed by atoms with Crippen molar-refractivity contribution in [3.8, 4) is 5.75 Å². The fraction of sp³-hybridized carbons (Fsp3) is 0.464. The van der Waals surface area contributed by atoms with Crippen molar-refractivity contribution < 1.29 is 29.3 Å². The molecule has 1 aliphatic rings. The van der Waals surface area contributed by atoms with Crippen molar-refractivity contribution in [2.75, 3.05) is 11.9 Å². The van der Waals surface area contributed by atoms with E-state index in [0.29, 0.717) is 17.7 Å². The number of benzene rings is 2. The molecule has 4 atom stereocenters. The normalized spacial score (nSPS) is 18.4. The van der Waals surface area contributed by atoms with Gasteiger partial charge in [-0.2, -0.15) is 0 Å². The van der Waals surface area contributed by atoms with Crippen LogP contribution in [0.15, 0.2) is 42.5 Å². The van der Waals surface area contributed by atoms with Crippen LogP contribution in [0.1, 0.15) is 56.8 Å². The molecule has 37 heavy (non-hydrogen) atoms. The lowest BCUT2D eigenvalue weighted by atomic mass is 10.0. The van der Waals surface area contributed by atoms with Crippen LogP contribution in [0.25, 0.3) is 0 Å². The van der Waals surface area contributed by atoms with Gasteiger partial charge in [0.1, 0.15) is 23.4 Å². The number of ether oxygens (including phenoxy) is 1. The third-order valence-corrected chi connectivity index (χ3v) is 6.29. The van der Waals surface area contributed by atoms with E-state index in [-0.39, 0.29) is 17.7 Å². The number of rotatable bonds is 8. The van der Waals surface area contributed by atoms with E-state index in [0.717, 1.165) is 11.1 Å². The third kappa shape index (κ3) is 7.01. The largest absolute Gasteiger partial charge is 0.508 e. The Balaban J connectivity index is 2.01. The van der Waals surface area contributed by atoms with Gasteiger partial charge in [0.05, 0.1) is 6.61 Å². The summed E-state index contributed by atoms with van der Waals surface area (Å²) in [5.41, 5.74) is 1.97. The maximum atomic E-state index is 13.9. The first-order chi connectivity index (χ1) is 17.3. The van der Waals surface area contributed by atoms with Gasteiger partial charge in [-0.05, 0) is 75.8 Å². The van der Waals surface area contributed by atoms with E-state index < -0.39 is 42.2 Å². The summed E-state index contributed by atoms with van der Waals surface area (Å²) in [6, 6.07) is 9.10. The predicted molar refractivity (Wildman–Crippen MR) is 140 cm³/mol. The van der Waals surface area contributed by atoms with Crippen LogP contribution in [0.3, 0.4) is 0 Å². The zero-order chi connectivity index (χ0) is 27.5. The van der Waals surface area contributed by atoms with E-state index in [9.17, 15) is 24.6 Å². The monoisotopic (exact) mass is 511 g/mol. The first kappa shape index (κ1) is 28.0. The summed E-state index contributed by atoms with van der Waals surface area (Å²) in [6.07, 6.45) is -0.194. The van der Waals surface area contributed by atoms with E-state index in [1.807, 2.05) is 39.0 Å². The van der Waals surface area contributed by atoms with Gasteiger partial charge in [0.15, 0.2) is 0 Å². The molecule has 0 aromatic heterocycles. The van der Waals surface area contributed by atoms with Crippen LogP contribution in [0.5, 0.6) is 5.75 Å². The van der Waals surface area contributed by atoms with Gasteiger partial charge in [0.25, 0.3) is 5.91 Å². The van der Waals surface area contributed by atoms with E-state index in [1.165, 1.54) is 17.0 Å². The quantitative estimate of drug-likeness (QED) is 0.427. The number of nitrogens with one attached hydrogen (secondary N) is 2. The average Bonchev–Trinajstić information content (AvgIpc) is 3.52. The first-order valence-electron chi connectivity index (χ1n) is 12.4. The number of alkyl carbamates (subject to hydrolysis) is 1. The van der Waals surface area contributed by atoms with Gasteiger partial charge in [0.2, 0.25) is 5.91 Å². The Labute approximate surface area is 217 Å². The first-order valence-corrected chi connectivity index (χ1v) is 12.4. The second-order valence-corrected chi connectivity index (χ2v) is 10.7. The molecule has 4 N–H and O–H groups in total. The highest BCUT2D eigenvalue weighted by Crippen LogP contribution is 2.41. The molecule has 2 aromatic rings. The highest BCUT2D eigenvalue weighted by atomic mass is 16.6. The molecule has 0 saturated heterocycles. The Bertz CT molecular complexity index is 1140. The molecule has 0 radical (unpaired) electrons. The molecule has 3 rings (SSSR count). The fourth-order valence-corrected chi connectivity index (χ4v) is 4.32. The highest BCUT2D eigenvalue weighted by molar-refractivity contribution is 6.00. The van der Waals surface area contributed by atoms with Crippen LogP contribution < -0.4 is 10.6 Å². The Morgan fingerprint density at radius 2 is 1.70 bits per heavy atom. The van der Waals surface area contributed by atoms with Crippen molar-refractivity contribution >= 4 is 23.6 Å². The number of para-hydroxylation sites is 1. The molecule has 1 fully saturated rings. The Kier molecular flexibility index (Phi) is 8.48. The van der Waals surface area contributed by atoms with Crippen molar-refractivity contribution in [1.29, 1.82) is 0 Å². The number of aliphatic hydroxyl groups is 1. The molecule has 2 aromatic carbocycles. The van der Waals surface area contributed by atoms with Crippen LogP contribution in [-0.2, 0) is 14.3 Å². The summed E-state index contributed by atoms with van der Waals surface area (Å²) in [5, 5.41) is 25.6. The number of nitrogens with zero attached hydrogens (tertiary/aromatic N) is 1. The van der Waals surface area contributed by atoms with Gasteiger partial charge in [-0.1, -0.05) is 37.3 Å². The van der Waals surface area contributed by atoms with Crippen molar-refractivity contribution in [1.82, 2.24) is 10.2 Å². The zero-order valence-electron chi connectivity index (χ0n) is 22.2. The van der Waals surface area contributed by atoms with E-state index >= 15 is 0 Å². The minimum Gasteiger partial charge on any atom is -0.508 e. The smallest absolute Gasteiger partial charge is 0.408 e. The summed E-state index contributed by atoms with van der Waals surface area (Å²) in [4.78, 5) is 41.5. The minimum absolute atomic E-state index is 0.0517. The van der Waals surface area contributed by atoms with Crippen LogP contribution in [0.2, 0.25) is 0 Å². The molecular weight excluding hydrogens is 474 g/mol. The van der Waals surface area contributed by atoms with Gasteiger partial charge < -0.3 is 30.5 Å². The number of carbonyl (C=O) groups excluding carboxylic acids is 3. The highest BCUT2D eigenvalue weighted by Gasteiger charge is 2.48. The topological polar surface area (TPSA) is 128 Å². The zero-order valence-corrected chi connectivity index (χ0v) is 22.2. The van der Waals surface area contributed by atoms with Crippen LogP contribution >= 0.6 is 0 Å². The lowest BCUT2D eigenvalue weighted by Crippen LogP contribution is -2.54. The predicted octanol–water partition coefficient (Wildman–Crippen LogP) is 3.81. The maximum Gasteiger partial charge on any atom is 0.408 e. The van der Waals surface area contributed by atoms with Crippen LogP contribution in [0, 0.1) is 19.8 Å². The van der Waals surface area contributed by atoms with E-state index in [4.69, 9.17) is 4.74 Å². The fourth-order valence-electron chi connectivity index (χ4n) is 4.32. The SMILES string of the molecule is Cc1cccc(C)c1NC(=O)C(c1cccc(O)c1)N(C(=O)C(CO)NC(=O)OC(C)(C)C)C1CC1C. The molecular formula is C28H37N3O6. The summed E-state index contributed by atoms with van der Waals surface area (Å²) in [7, 11) is 0. The molecule has 9 nitrogen and oxygen atoms in total. The summed E-state index contributed by atoms with van der Waals surface area (Å²) in [5.74, 6) is -1.03. The van der Waals surface area contributed by atoms with Crippen LogP contribution in [-0.4, -0.2) is 57.3 Å². The molecule has 0 spiro atoms. The summed E-state index contributed by atoms with van der Waals surface area (Å²) < 4.78 is 5.27. The summed E-state index contributed by atoms with van der Waals surface area (Å²) in [6.45, 7) is 10.1. The number of amides is 3. The Morgan fingerprint density at radius 1 is 1.11 bits per heavy atom. The number of aliphatic hydroxyl groups excluding tert-OH is 1. The lowest BCUT2D eigenvalue weighted by molar-refractivity contribution is -0.142. The van der Waals surface area contributed by atoms with Gasteiger partial charge in [-0.15, -0.1) is 0 Å². The average molecular weight is 512 g/mol. The second kappa shape index (κ2) is 11.2. The minimum atomic E-state index is -1.32. The molecule has 3 amide bonds. The molecule has 0 aliphatic heterocycles. The van der Waals surface area contributed by atoms with Crippen molar-refractivity contribution in [2.24, 2.45) is 5.92 Å². The summed E-state index contributed by atoms with van der Waals surface area (Å²) >= 11 is 0. The van der Waals surface area contributed by atoms with Gasteiger partial charge >= 0.3 is 6.09 Å². The molecule has 1 aliphatic carbocycles. The standard InChI is InChI=1S/C28H37N3O6/c1-16-9-7-10-17(2)23(16)30-25(34)24(19-11-8-12-20(33)14-19)31(22-13-18(22)3)26(35)21(15-32)29-27(36)37-28(4,5)6/h7-12,14,18,21-22,24,32-33H,13,15H2,1-6H3,(H,29,36)(H,30,34). The van der Waals surface area contributed by atoms with Crippen LogP contribution in [0.4, 0.5) is 10.5 Å². The van der Waals surface area contributed by atoms with Gasteiger partial charge in [-0.3, -0.25) is 9.59 Å². The molecule has 4 unspecified atom stereocenters. The van der Waals surface area contributed by atoms with Crippen molar-refractivity contribution in [3.63, 3.8) is 0 Å². The third-order valence-electron chi connectivity index (χ3n) is 6.29. The maximum absolute atomic E-state index is 13.9. The molecule has 0 heterocycles. The van der Waals surface area contributed by atoms with Gasteiger partial charge in [-0.25, -0.2) is 4.79 Å². The van der Waals surface area contributed by atoms with E-state index in [2.05, 4.69) is 10.6 Å². The Hall–Kier alpha value is -3.59. The second-order valence-electron chi connectivity index (χ2n) is 10.7. The molecule has 1 saturated carbocycles. The number of hydrogen-bond donors (Lipinski definition) is 4. The van der Waals surface area contributed by atoms with Crippen molar-refractivity contribution in [2.45, 2.75) is 71.7 Å². The number of anilines is 1. The van der Waals surface area contributed by atoms with Crippen molar-refractivity contribution in [3.05, 3.63) is 59.2 Å². The number of hydrogen-bond acceptors (Lipinski definition) is 6. The number of phenols is 1.